The summed E-state index contributed by atoms with van der Waals surface area (Å²) in [4.78, 5) is 14.2. The molecular formula is C18H21NO2S. The molecule has 2 aromatic rings. The van der Waals surface area contributed by atoms with Crippen molar-refractivity contribution in [2.75, 3.05) is 13.2 Å². The van der Waals surface area contributed by atoms with E-state index in [4.69, 9.17) is 4.74 Å². The average molecular weight is 315 g/mol. The summed E-state index contributed by atoms with van der Waals surface area (Å²) in [5, 5.41) is 5.25. The van der Waals surface area contributed by atoms with E-state index >= 15 is 0 Å². The molecule has 1 aromatic heterocycles. The molecule has 0 spiro atoms. The van der Waals surface area contributed by atoms with Crippen LogP contribution in [0.15, 0.2) is 47.8 Å². The van der Waals surface area contributed by atoms with Gasteiger partial charge in [0, 0.05) is 18.1 Å². The third-order valence-corrected chi connectivity index (χ3v) is 5.48. The second-order valence-corrected chi connectivity index (χ2v) is 6.75. The van der Waals surface area contributed by atoms with Crippen LogP contribution < -0.4 is 5.32 Å². The van der Waals surface area contributed by atoms with E-state index in [-0.39, 0.29) is 11.9 Å². The molecule has 0 radical (unpaired) electrons. The highest BCUT2D eigenvalue weighted by Crippen LogP contribution is 2.36. The van der Waals surface area contributed by atoms with E-state index in [1.54, 1.807) is 11.3 Å². The molecule has 4 heteroatoms. The maximum Gasteiger partial charge on any atom is 0.231 e. The number of amides is 1. The summed E-state index contributed by atoms with van der Waals surface area (Å²) in [5.74, 6) is 0.114. The number of hydrogen-bond donors (Lipinski definition) is 1. The van der Waals surface area contributed by atoms with Gasteiger partial charge in [-0.05, 0) is 36.8 Å². The van der Waals surface area contributed by atoms with Crippen LogP contribution in [0.4, 0.5) is 0 Å². The lowest BCUT2D eigenvalue weighted by molar-refractivity contribution is -0.131. The first-order chi connectivity index (χ1) is 10.7. The fourth-order valence-corrected chi connectivity index (χ4v) is 3.80. The topological polar surface area (TPSA) is 38.3 Å². The van der Waals surface area contributed by atoms with Crippen LogP contribution in [0.2, 0.25) is 0 Å². The number of benzene rings is 1. The maximum absolute atomic E-state index is 13.1. The minimum Gasteiger partial charge on any atom is -0.381 e. The summed E-state index contributed by atoms with van der Waals surface area (Å²) in [6.45, 7) is 3.31. The molecule has 1 atom stereocenters. The number of thiophene rings is 1. The minimum absolute atomic E-state index is 0.0379. The zero-order valence-electron chi connectivity index (χ0n) is 12.7. The summed E-state index contributed by atoms with van der Waals surface area (Å²) in [6.07, 6.45) is 1.47. The van der Waals surface area contributed by atoms with Crippen LogP contribution in [0.3, 0.4) is 0 Å². The Labute approximate surface area is 135 Å². The summed E-state index contributed by atoms with van der Waals surface area (Å²) >= 11 is 1.67. The third-order valence-electron chi connectivity index (χ3n) is 4.42. The van der Waals surface area contributed by atoms with Gasteiger partial charge in [-0.2, -0.15) is 0 Å². The fraction of sp³-hybridized carbons (Fsp3) is 0.389. The molecule has 1 fully saturated rings. The van der Waals surface area contributed by atoms with Gasteiger partial charge in [-0.15, -0.1) is 11.3 Å². The van der Waals surface area contributed by atoms with Crippen LogP contribution in [-0.2, 0) is 14.9 Å². The first kappa shape index (κ1) is 15.3. The molecule has 3 rings (SSSR count). The average Bonchev–Trinajstić information content (AvgIpc) is 3.11. The first-order valence-electron chi connectivity index (χ1n) is 7.70. The number of rotatable bonds is 4. The van der Waals surface area contributed by atoms with Crippen LogP contribution in [0, 0.1) is 0 Å². The molecule has 3 nitrogen and oxygen atoms in total. The number of ether oxygens (including phenoxy) is 1. The van der Waals surface area contributed by atoms with Crippen molar-refractivity contribution in [3.8, 4) is 0 Å². The van der Waals surface area contributed by atoms with Crippen LogP contribution >= 0.6 is 11.3 Å². The predicted molar refractivity (Wildman–Crippen MR) is 89.0 cm³/mol. The van der Waals surface area contributed by atoms with Gasteiger partial charge in [0.1, 0.15) is 0 Å². The van der Waals surface area contributed by atoms with Gasteiger partial charge in [0.05, 0.1) is 11.5 Å². The van der Waals surface area contributed by atoms with Crippen molar-refractivity contribution in [3.05, 3.63) is 58.3 Å². The lowest BCUT2D eigenvalue weighted by atomic mass is 9.73. The molecule has 1 aliphatic heterocycles. The van der Waals surface area contributed by atoms with Crippen molar-refractivity contribution in [1.82, 2.24) is 5.32 Å². The lowest BCUT2D eigenvalue weighted by Crippen LogP contribution is -2.48. The number of carbonyl (C=O) groups excluding carboxylic acids is 1. The van der Waals surface area contributed by atoms with Crippen molar-refractivity contribution < 1.29 is 9.53 Å². The molecule has 1 aromatic carbocycles. The van der Waals surface area contributed by atoms with Crippen LogP contribution in [0.25, 0.3) is 0 Å². The zero-order chi connectivity index (χ0) is 15.4. The standard InChI is InChI=1S/C18H21NO2S/c1-14(16-8-5-13-22-16)19-17(20)18(9-11-21-12-10-18)15-6-3-2-4-7-15/h2-8,13-14H,9-12H2,1H3,(H,19,20). The smallest absolute Gasteiger partial charge is 0.231 e. The largest absolute Gasteiger partial charge is 0.381 e. The van der Waals surface area contributed by atoms with E-state index in [9.17, 15) is 4.79 Å². The molecule has 1 saturated heterocycles. The molecule has 116 valence electrons. The van der Waals surface area contributed by atoms with Gasteiger partial charge >= 0.3 is 0 Å². The maximum atomic E-state index is 13.1. The SMILES string of the molecule is CC(NC(=O)C1(c2ccccc2)CCOCC1)c1cccs1. The number of hydrogen-bond acceptors (Lipinski definition) is 3. The summed E-state index contributed by atoms with van der Waals surface area (Å²) in [6, 6.07) is 14.2. The fourth-order valence-electron chi connectivity index (χ4n) is 3.07. The van der Waals surface area contributed by atoms with Gasteiger partial charge in [0.15, 0.2) is 0 Å². The van der Waals surface area contributed by atoms with Gasteiger partial charge in [0.2, 0.25) is 5.91 Å². The van der Waals surface area contributed by atoms with Gasteiger partial charge in [0.25, 0.3) is 0 Å². The normalized spacial score (nSPS) is 18.6. The Morgan fingerprint density at radius 1 is 1.18 bits per heavy atom. The van der Waals surface area contributed by atoms with E-state index in [2.05, 4.69) is 23.5 Å². The van der Waals surface area contributed by atoms with E-state index in [1.165, 1.54) is 4.88 Å². The quantitative estimate of drug-likeness (QED) is 0.935. The van der Waals surface area contributed by atoms with Crippen molar-refractivity contribution >= 4 is 17.2 Å². The van der Waals surface area contributed by atoms with Crippen LogP contribution in [0.5, 0.6) is 0 Å². The second-order valence-electron chi connectivity index (χ2n) is 5.77. The summed E-state index contributed by atoms with van der Waals surface area (Å²) < 4.78 is 5.50. The molecule has 0 bridgehead atoms. The van der Waals surface area contributed by atoms with Crippen LogP contribution in [-0.4, -0.2) is 19.1 Å². The van der Waals surface area contributed by atoms with Crippen molar-refractivity contribution in [1.29, 1.82) is 0 Å². The van der Waals surface area contributed by atoms with E-state index in [0.717, 1.165) is 18.4 Å². The highest BCUT2D eigenvalue weighted by Gasteiger charge is 2.42. The first-order valence-corrected chi connectivity index (χ1v) is 8.58. The molecule has 1 aliphatic rings. The van der Waals surface area contributed by atoms with Crippen LogP contribution in [0.1, 0.15) is 36.2 Å². The molecular weight excluding hydrogens is 294 g/mol. The molecule has 0 saturated carbocycles. The Morgan fingerprint density at radius 3 is 2.55 bits per heavy atom. The molecule has 1 amide bonds. The van der Waals surface area contributed by atoms with Gasteiger partial charge in [-0.25, -0.2) is 0 Å². The number of carbonyl (C=O) groups is 1. The van der Waals surface area contributed by atoms with E-state index in [0.29, 0.717) is 13.2 Å². The number of nitrogens with one attached hydrogen (secondary N) is 1. The Morgan fingerprint density at radius 2 is 1.91 bits per heavy atom. The van der Waals surface area contributed by atoms with Gasteiger partial charge < -0.3 is 10.1 Å². The van der Waals surface area contributed by atoms with Gasteiger partial charge in [-0.1, -0.05) is 36.4 Å². The monoisotopic (exact) mass is 315 g/mol. The van der Waals surface area contributed by atoms with Crippen molar-refractivity contribution in [2.45, 2.75) is 31.2 Å². The van der Waals surface area contributed by atoms with Gasteiger partial charge in [-0.3, -0.25) is 4.79 Å². The predicted octanol–water partition coefficient (Wildman–Crippen LogP) is 3.67. The zero-order valence-corrected chi connectivity index (χ0v) is 13.6. The summed E-state index contributed by atoms with van der Waals surface area (Å²) in [5.41, 5.74) is 0.625. The van der Waals surface area contributed by atoms with Crippen molar-refractivity contribution in [3.63, 3.8) is 0 Å². The highest BCUT2D eigenvalue weighted by atomic mass is 32.1. The Hall–Kier alpha value is -1.65. The highest BCUT2D eigenvalue weighted by molar-refractivity contribution is 7.10. The minimum atomic E-state index is -0.467. The molecule has 1 N–H and O–H groups in total. The van der Waals surface area contributed by atoms with Crippen molar-refractivity contribution in [2.24, 2.45) is 0 Å². The molecule has 22 heavy (non-hydrogen) atoms. The lowest BCUT2D eigenvalue weighted by Gasteiger charge is -2.37. The molecule has 0 aliphatic carbocycles. The Kier molecular flexibility index (Phi) is 4.60. The third kappa shape index (κ3) is 2.94. The molecule has 2 heterocycles. The van der Waals surface area contributed by atoms with E-state index < -0.39 is 5.41 Å². The second kappa shape index (κ2) is 6.63. The Balaban J connectivity index is 1.84. The van der Waals surface area contributed by atoms with E-state index in [1.807, 2.05) is 36.6 Å². The Bertz CT molecular complexity index is 603. The summed E-state index contributed by atoms with van der Waals surface area (Å²) in [7, 11) is 0. The molecule has 1 unspecified atom stereocenters.